The highest BCUT2D eigenvalue weighted by Crippen LogP contribution is 2.55. The predicted octanol–water partition coefficient (Wildman–Crippen LogP) is 4.61. The van der Waals surface area contributed by atoms with Crippen molar-refractivity contribution in [2.45, 2.75) is 78.0 Å². The fraction of sp³-hybridized carbons (Fsp3) is 0.706. The molecular weight excluding hydrogens is 698 g/mol. The van der Waals surface area contributed by atoms with E-state index in [0.29, 0.717) is 56.9 Å². The molecule has 8 rings (SSSR count). The zero-order valence-electron chi connectivity index (χ0n) is 28.3. The van der Waals surface area contributed by atoms with E-state index in [4.69, 9.17) is 5.11 Å². The Kier molecular flexibility index (Phi) is 9.79. The van der Waals surface area contributed by atoms with E-state index in [-0.39, 0.29) is 79.5 Å². The number of nitrogens with zero attached hydrogens (tertiary/aromatic N) is 8. The lowest BCUT2D eigenvalue weighted by Gasteiger charge is -2.43. The van der Waals surface area contributed by atoms with Crippen LogP contribution in [0.4, 0.5) is 49.9 Å². The zero-order chi connectivity index (χ0) is 36.7. The highest BCUT2D eigenvalue weighted by atomic mass is 19.4. The fourth-order valence-corrected chi connectivity index (χ4v) is 8.19. The molecule has 12 nitrogen and oxygen atoms in total. The third-order valence-corrected chi connectivity index (χ3v) is 11.6. The van der Waals surface area contributed by atoms with Crippen LogP contribution in [0.15, 0.2) is 12.1 Å². The summed E-state index contributed by atoms with van der Waals surface area (Å²) < 4.78 is 79.5. The molecule has 18 heteroatoms. The molecule has 2 aromatic heterocycles. The maximum atomic E-state index is 13.3. The van der Waals surface area contributed by atoms with Gasteiger partial charge in [-0.25, -0.2) is 9.97 Å². The van der Waals surface area contributed by atoms with E-state index in [1.807, 2.05) is 16.7 Å². The normalized spacial score (nSPS) is 31.4. The Labute approximate surface area is 297 Å². The van der Waals surface area contributed by atoms with Gasteiger partial charge in [-0.3, -0.25) is 4.79 Å². The van der Waals surface area contributed by atoms with E-state index >= 15 is 0 Å². The molecule has 6 heterocycles. The van der Waals surface area contributed by atoms with E-state index < -0.39 is 35.8 Å². The van der Waals surface area contributed by atoms with E-state index in [1.165, 1.54) is 0 Å². The molecule has 2 N–H and O–H groups in total. The molecule has 2 aliphatic carbocycles. The number of β-amino-alcohol motifs (C(OH)–C–C–N with tert-alkyl or cyclic N) is 1. The van der Waals surface area contributed by atoms with Crippen LogP contribution in [0.3, 0.4) is 0 Å². The number of halogens is 6. The molecule has 0 radical (unpaired) electrons. The molecule has 0 bridgehead atoms. The van der Waals surface area contributed by atoms with Crippen LogP contribution in [-0.4, -0.2) is 99.4 Å². The molecule has 2 aromatic rings. The van der Waals surface area contributed by atoms with E-state index in [9.17, 15) is 41.0 Å². The number of alkyl halides is 6. The second-order valence-corrected chi connectivity index (χ2v) is 14.9. The minimum absolute atomic E-state index is 0. The summed E-state index contributed by atoms with van der Waals surface area (Å²) in [4.78, 5) is 45.2. The molecule has 2 saturated carbocycles. The van der Waals surface area contributed by atoms with Crippen molar-refractivity contribution >= 4 is 35.3 Å². The Balaban J connectivity index is 0.000000175. The van der Waals surface area contributed by atoms with Gasteiger partial charge >= 0.3 is 18.3 Å². The van der Waals surface area contributed by atoms with Crippen molar-refractivity contribution < 1.29 is 46.1 Å². The maximum Gasteiger partial charge on any atom is 0.433 e. The van der Waals surface area contributed by atoms with Gasteiger partial charge in [0, 0.05) is 70.3 Å². The summed E-state index contributed by atoms with van der Waals surface area (Å²) in [6.07, 6.45) is -8.05. The average molecular weight is 743 g/mol. The summed E-state index contributed by atoms with van der Waals surface area (Å²) >= 11 is 0. The number of carbonyl (C=O) groups is 2. The predicted molar refractivity (Wildman–Crippen MR) is 178 cm³/mol. The van der Waals surface area contributed by atoms with Crippen LogP contribution in [0.2, 0.25) is 0 Å². The van der Waals surface area contributed by atoms with Gasteiger partial charge < -0.3 is 34.6 Å². The quantitative estimate of drug-likeness (QED) is 0.366. The number of fused-ring (bicyclic) bond motifs is 2. The topological polar surface area (TPSA) is 139 Å². The number of ketones is 1. The number of anilines is 4. The number of aliphatic hydroxyl groups excluding tert-OH is 1. The summed E-state index contributed by atoms with van der Waals surface area (Å²) in [7, 11) is 0. The van der Waals surface area contributed by atoms with Crippen molar-refractivity contribution in [2.75, 3.05) is 58.9 Å². The first-order valence-electron chi connectivity index (χ1n) is 17.2. The summed E-state index contributed by atoms with van der Waals surface area (Å²) in [6.45, 7) is 8.49. The number of hydrogen-bond donors (Lipinski definition) is 2. The van der Waals surface area contributed by atoms with Gasteiger partial charge in [-0.2, -0.15) is 36.3 Å². The van der Waals surface area contributed by atoms with Crippen LogP contribution in [-0.2, 0) is 21.9 Å². The number of carbonyl (C=O) groups excluding carboxylic acids is 1. The number of carboxylic acid groups (broad SMARTS) is 1. The lowest BCUT2D eigenvalue weighted by atomic mass is 10.0. The van der Waals surface area contributed by atoms with Crippen LogP contribution in [0.5, 0.6) is 0 Å². The number of aromatic nitrogens is 4. The second-order valence-electron chi connectivity index (χ2n) is 14.9. The minimum atomic E-state index is -4.56. The molecule has 6 fully saturated rings. The van der Waals surface area contributed by atoms with Gasteiger partial charge in [0.05, 0.1) is 12.1 Å². The molecule has 4 saturated heterocycles. The molecule has 0 aromatic carbocycles. The van der Waals surface area contributed by atoms with Crippen LogP contribution in [0.1, 0.15) is 58.8 Å². The highest BCUT2D eigenvalue weighted by molar-refractivity contribution is 5.76. The number of aliphatic carboxylic acids is 1. The van der Waals surface area contributed by atoms with Gasteiger partial charge in [0.1, 0.15) is 17.4 Å². The molecule has 2 unspecified atom stereocenters. The van der Waals surface area contributed by atoms with Crippen molar-refractivity contribution in [3.8, 4) is 0 Å². The zero-order valence-corrected chi connectivity index (χ0v) is 28.3. The Morgan fingerprint density at radius 2 is 1.19 bits per heavy atom. The summed E-state index contributed by atoms with van der Waals surface area (Å²) in [6, 6.07) is 1.83. The van der Waals surface area contributed by atoms with Gasteiger partial charge in [-0.15, -0.1) is 0 Å². The number of rotatable bonds is 8. The average Bonchev–Trinajstić information content (AvgIpc) is 3.65. The molecule has 9 atom stereocenters. The first-order valence-corrected chi connectivity index (χ1v) is 17.2. The Bertz CT molecular complexity index is 1670. The molecule has 0 spiro atoms. The highest BCUT2D eigenvalue weighted by Gasteiger charge is 2.57. The van der Waals surface area contributed by atoms with E-state index in [0.717, 1.165) is 18.6 Å². The third kappa shape index (κ3) is 7.31. The van der Waals surface area contributed by atoms with Crippen molar-refractivity contribution in [3.05, 3.63) is 23.5 Å². The van der Waals surface area contributed by atoms with E-state index in [2.05, 4.69) is 19.9 Å². The van der Waals surface area contributed by atoms with Crippen LogP contribution in [0, 0.1) is 35.5 Å². The number of Topliss-reactive ketones (excluding diaryl/α,β-unsaturated/α-hetero) is 1. The molecular formula is C34H44F6N8O4. The fourth-order valence-electron chi connectivity index (χ4n) is 8.19. The lowest BCUT2D eigenvalue weighted by Crippen LogP contribution is -2.59. The van der Waals surface area contributed by atoms with Crippen LogP contribution < -0.4 is 19.6 Å². The summed E-state index contributed by atoms with van der Waals surface area (Å²) in [5, 5.41) is 18.5. The Morgan fingerprint density at radius 1 is 0.750 bits per heavy atom. The van der Waals surface area contributed by atoms with Crippen molar-refractivity contribution in [1.29, 1.82) is 0 Å². The van der Waals surface area contributed by atoms with Crippen LogP contribution >= 0.6 is 0 Å². The monoisotopic (exact) mass is 742 g/mol. The van der Waals surface area contributed by atoms with Gasteiger partial charge in [0.15, 0.2) is 11.4 Å². The number of carboxylic acids is 1. The number of aliphatic hydroxyl groups is 1. The molecule has 286 valence electrons. The molecule has 4 aliphatic heterocycles. The largest absolute Gasteiger partial charge is 0.481 e. The standard InChI is InChI=1S/C17H21F3N4O2.C16H19F3N4O2.CH4/c1-8(25)3-10-11-5-23(6-12(10)11)15-4-14(17(18,19)20)21-16(22-15)24-7-13(26)9(24)2;1-8-2-3-23(8)15-20-12(16(17,18)19)5-13(21-15)22-6-10-9(4-14(24)25)11(10)7-22;/h4,9-13,26H,3,5-7H2,1-2H3;5,8-11H,2-4,6-7H2,1H3,(H,24,25);1H4/t9-,10?,11-,12+,13+;8-,9?,10-,11+;/m00./s1. The second kappa shape index (κ2) is 13.5. The van der Waals surface area contributed by atoms with Crippen LogP contribution in [0.25, 0.3) is 0 Å². The van der Waals surface area contributed by atoms with E-state index in [1.54, 1.807) is 23.6 Å². The third-order valence-electron chi connectivity index (χ3n) is 11.6. The van der Waals surface area contributed by atoms with Gasteiger partial charge in [-0.05, 0) is 62.7 Å². The van der Waals surface area contributed by atoms with Gasteiger partial charge in [-0.1, -0.05) is 7.43 Å². The summed E-state index contributed by atoms with van der Waals surface area (Å²) in [5.74, 6) is 1.74. The Hall–Kier alpha value is -3.96. The van der Waals surface area contributed by atoms with Crippen molar-refractivity contribution in [3.63, 3.8) is 0 Å². The SMILES string of the molecule is C.CC(=O)CC1[C@H]2CN(c3cc(C(F)(F)F)nc(N4C[C@@H](O)[C@@H]4C)n3)C[C@@H]12.C[C@H]1CCN1c1nc(N2C[C@@H]3C(CC(=O)O)[C@@H]3C2)cc(C(F)(F)F)n1. The minimum Gasteiger partial charge on any atom is -0.481 e. The van der Waals surface area contributed by atoms with Crippen molar-refractivity contribution in [2.24, 2.45) is 35.5 Å². The molecule has 52 heavy (non-hydrogen) atoms. The number of piperidine rings is 2. The molecule has 6 aliphatic rings. The first-order chi connectivity index (χ1) is 23.9. The number of hydrogen-bond acceptors (Lipinski definition) is 11. The molecule has 0 amide bonds. The maximum absolute atomic E-state index is 13.3. The Morgan fingerprint density at radius 3 is 1.52 bits per heavy atom. The summed E-state index contributed by atoms with van der Waals surface area (Å²) in [5.41, 5.74) is -1.89. The van der Waals surface area contributed by atoms with Gasteiger partial charge in [0.25, 0.3) is 0 Å². The smallest absolute Gasteiger partial charge is 0.433 e. The van der Waals surface area contributed by atoms with Crippen molar-refractivity contribution in [1.82, 2.24) is 19.9 Å². The first kappa shape index (κ1) is 37.8. The lowest BCUT2D eigenvalue weighted by molar-refractivity contribution is -0.141. The van der Waals surface area contributed by atoms with Gasteiger partial charge in [0.2, 0.25) is 11.9 Å².